The van der Waals surface area contributed by atoms with Crippen molar-refractivity contribution in [3.63, 3.8) is 0 Å². The van der Waals surface area contributed by atoms with Gasteiger partial charge in [0, 0.05) is 6.20 Å². The summed E-state index contributed by atoms with van der Waals surface area (Å²) in [5.74, 6) is -0.391. The fourth-order valence-electron chi connectivity index (χ4n) is 2.86. The van der Waals surface area contributed by atoms with Crippen LogP contribution in [0, 0.1) is 0 Å². The Kier molecular flexibility index (Phi) is 8.02. The van der Waals surface area contributed by atoms with Gasteiger partial charge >= 0.3 is 6.09 Å². The lowest BCUT2D eigenvalue weighted by Crippen LogP contribution is -2.53. The molecule has 1 aromatic rings. The largest absolute Gasteiger partial charge is 0.444 e. The van der Waals surface area contributed by atoms with E-state index in [4.69, 9.17) is 9.47 Å². The van der Waals surface area contributed by atoms with Crippen LogP contribution < -0.4 is 5.32 Å². The van der Waals surface area contributed by atoms with Gasteiger partial charge in [0.2, 0.25) is 0 Å². The quantitative estimate of drug-likeness (QED) is 0.747. The summed E-state index contributed by atoms with van der Waals surface area (Å²) in [6.45, 7) is 5.51. The first-order valence-corrected chi connectivity index (χ1v) is 9.51. The summed E-state index contributed by atoms with van der Waals surface area (Å²) >= 11 is 0. The molecule has 0 aliphatic carbocycles. The highest BCUT2D eigenvalue weighted by Gasteiger charge is 2.31. The number of allylic oxidation sites excluding steroid dienone is 1. The number of hydrogen-bond acceptors (Lipinski definition) is 5. The van der Waals surface area contributed by atoms with Gasteiger partial charge in [0.05, 0.1) is 25.9 Å². The topological polar surface area (TPSA) is 88.1 Å². The number of carbonyl (C=O) groups is 2. The Hall–Kier alpha value is -2.38. The van der Waals surface area contributed by atoms with Crippen LogP contribution in [0.15, 0.2) is 42.6 Å². The molecule has 1 aromatic carbocycles. The second-order valence-electron chi connectivity index (χ2n) is 7.74. The first kappa shape index (κ1) is 21.9. The highest BCUT2D eigenvalue weighted by atomic mass is 16.6. The molecule has 1 aliphatic heterocycles. The predicted octanol–water partition coefficient (Wildman–Crippen LogP) is 2.59. The number of rotatable bonds is 7. The minimum Gasteiger partial charge on any atom is -0.444 e. The Morgan fingerprint density at radius 2 is 2.00 bits per heavy atom. The maximum absolute atomic E-state index is 12.9. The molecular formula is C21H30N2O5. The molecule has 0 spiro atoms. The summed E-state index contributed by atoms with van der Waals surface area (Å²) < 4.78 is 11.0. The molecule has 154 valence electrons. The first-order valence-electron chi connectivity index (χ1n) is 9.51. The van der Waals surface area contributed by atoms with E-state index in [2.05, 4.69) is 5.32 Å². The molecule has 2 rings (SSSR count). The van der Waals surface area contributed by atoms with Crippen LogP contribution in [-0.4, -0.2) is 52.9 Å². The molecular weight excluding hydrogens is 360 g/mol. The summed E-state index contributed by atoms with van der Waals surface area (Å²) in [4.78, 5) is 26.4. The van der Waals surface area contributed by atoms with Gasteiger partial charge in [-0.3, -0.25) is 4.79 Å². The number of alkyl carbamates (subject to hydrolysis) is 1. The number of aliphatic hydroxyl groups is 1. The molecule has 0 radical (unpaired) electrons. The lowest BCUT2D eigenvalue weighted by molar-refractivity contribution is -0.135. The van der Waals surface area contributed by atoms with E-state index in [9.17, 15) is 14.7 Å². The van der Waals surface area contributed by atoms with E-state index < -0.39 is 30.3 Å². The minimum atomic E-state index is -1.07. The monoisotopic (exact) mass is 390 g/mol. The molecule has 2 amide bonds. The predicted molar refractivity (Wildman–Crippen MR) is 105 cm³/mol. The van der Waals surface area contributed by atoms with E-state index in [0.29, 0.717) is 13.2 Å². The third kappa shape index (κ3) is 6.98. The van der Waals surface area contributed by atoms with Gasteiger partial charge in [-0.05, 0) is 39.2 Å². The molecule has 2 N–H and O–H groups in total. The average Bonchev–Trinajstić information content (AvgIpc) is 2.65. The van der Waals surface area contributed by atoms with Crippen molar-refractivity contribution in [2.24, 2.45) is 0 Å². The van der Waals surface area contributed by atoms with Crippen LogP contribution in [0.2, 0.25) is 0 Å². The number of aliphatic hydroxyl groups excluding tert-OH is 1. The summed E-state index contributed by atoms with van der Waals surface area (Å²) in [5.41, 5.74) is 0.373. The van der Waals surface area contributed by atoms with Crippen molar-refractivity contribution in [2.75, 3.05) is 13.2 Å². The molecule has 7 heteroatoms. The van der Waals surface area contributed by atoms with Crippen molar-refractivity contribution < 1.29 is 24.2 Å². The van der Waals surface area contributed by atoms with E-state index in [1.54, 1.807) is 27.0 Å². The zero-order valence-corrected chi connectivity index (χ0v) is 16.8. The number of hydrogen-bond donors (Lipinski definition) is 2. The molecule has 0 saturated heterocycles. The lowest BCUT2D eigenvalue weighted by Gasteiger charge is -2.34. The molecule has 0 unspecified atom stereocenters. The highest BCUT2D eigenvalue weighted by Crippen LogP contribution is 2.17. The van der Waals surface area contributed by atoms with Crippen LogP contribution >= 0.6 is 0 Å². The smallest absolute Gasteiger partial charge is 0.408 e. The number of carbonyl (C=O) groups excluding carboxylic acids is 2. The van der Waals surface area contributed by atoms with E-state index in [-0.39, 0.29) is 6.04 Å². The number of benzene rings is 1. The second-order valence-corrected chi connectivity index (χ2v) is 7.74. The van der Waals surface area contributed by atoms with E-state index >= 15 is 0 Å². The van der Waals surface area contributed by atoms with Crippen molar-refractivity contribution in [1.82, 2.24) is 10.2 Å². The zero-order chi connectivity index (χ0) is 20.6. The Bertz CT molecular complexity index is 669. The average molecular weight is 390 g/mol. The molecule has 0 aromatic heterocycles. The van der Waals surface area contributed by atoms with E-state index in [0.717, 1.165) is 18.4 Å². The van der Waals surface area contributed by atoms with Crippen molar-refractivity contribution in [3.05, 3.63) is 48.2 Å². The Balaban J connectivity index is 1.94. The van der Waals surface area contributed by atoms with Crippen molar-refractivity contribution in [3.8, 4) is 0 Å². The highest BCUT2D eigenvalue weighted by molar-refractivity contribution is 5.87. The third-order valence-corrected chi connectivity index (χ3v) is 4.17. The fraction of sp³-hybridized carbons (Fsp3) is 0.524. The Labute approximate surface area is 166 Å². The zero-order valence-electron chi connectivity index (χ0n) is 16.8. The maximum atomic E-state index is 12.9. The van der Waals surface area contributed by atoms with Gasteiger partial charge in [-0.25, -0.2) is 4.79 Å². The van der Waals surface area contributed by atoms with Gasteiger partial charge in [0.25, 0.3) is 5.91 Å². The molecule has 1 aliphatic rings. The molecule has 1 heterocycles. The normalized spacial score (nSPS) is 17.9. The second kappa shape index (κ2) is 10.2. The first-order chi connectivity index (χ1) is 13.3. The van der Waals surface area contributed by atoms with Crippen LogP contribution in [0.3, 0.4) is 0 Å². The van der Waals surface area contributed by atoms with E-state index in [1.165, 1.54) is 4.90 Å². The third-order valence-electron chi connectivity index (χ3n) is 4.17. The van der Waals surface area contributed by atoms with Gasteiger partial charge in [-0.2, -0.15) is 0 Å². The Morgan fingerprint density at radius 3 is 2.64 bits per heavy atom. The number of amides is 2. The summed E-state index contributed by atoms with van der Waals surface area (Å²) in [5, 5.41) is 12.1. The molecule has 0 saturated carbocycles. The molecule has 2 atom stereocenters. The minimum absolute atomic E-state index is 0.157. The van der Waals surface area contributed by atoms with Gasteiger partial charge in [0.15, 0.2) is 0 Å². The van der Waals surface area contributed by atoms with Crippen LogP contribution in [0.4, 0.5) is 4.79 Å². The van der Waals surface area contributed by atoms with Crippen molar-refractivity contribution in [1.29, 1.82) is 0 Å². The SMILES string of the molecule is CC(C)(C)OC(=O)N[C@@H](CO)C(=O)N1C=CCC[C@H]1COCc1ccccc1. The molecule has 0 bridgehead atoms. The van der Waals surface area contributed by atoms with Gasteiger partial charge < -0.3 is 24.8 Å². The number of nitrogens with zero attached hydrogens (tertiary/aromatic N) is 1. The number of nitrogens with one attached hydrogen (secondary N) is 1. The van der Waals surface area contributed by atoms with Gasteiger partial charge in [-0.15, -0.1) is 0 Å². The maximum Gasteiger partial charge on any atom is 0.408 e. The van der Waals surface area contributed by atoms with E-state index in [1.807, 2.05) is 36.4 Å². The summed E-state index contributed by atoms with van der Waals surface area (Å²) in [7, 11) is 0. The standard InChI is InChI=1S/C21H30N2O5/c1-21(2,3)28-20(26)22-18(13-24)19(25)23-12-8-7-11-17(23)15-27-14-16-9-5-4-6-10-16/h4-6,8-10,12,17-18,24H,7,11,13-15H2,1-3H3,(H,22,26)/t17-,18-/m0/s1. The van der Waals surface area contributed by atoms with Crippen LogP contribution in [0.5, 0.6) is 0 Å². The Morgan fingerprint density at radius 1 is 1.29 bits per heavy atom. The van der Waals surface area contributed by atoms with Crippen molar-refractivity contribution >= 4 is 12.0 Å². The summed E-state index contributed by atoms with van der Waals surface area (Å²) in [6.07, 6.45) is 4.45. The van der Waals surface area contributed by atoms with Crippen molar-refractivity contribution in [2.45, 2.75) is 57.9 Å². The molecule has 28 heavy (non-hydrogen) atoms. The lowest BCUT2D eigenvalue weighted by atomic mass is 10.1. The molecule has 7 nitrogen and oxygen atoms in total. The molecule has 0 fully saturated rings. The summed E-state index contributed by atoms with van der Waals surface area (Å²) in [6, 6.07) is 8.58. The van der Waals surface area contributed by atoms with Crippen LogP contribution in [0.1, 0.15) is 39.2 Å². The fourth-order valence-corrected chi connectivity index (χ4v) is 2.86. The number of ether oxygens (including phenoxy) is 2. The van der Waals surface area contributed by atoms with Gasteiger partial charge in [0.1, 0.15) is 11.6 Å². The van der Waals surface area contributed by atoms with Crippen LogP contribution in [-0.2, 0) is 20.9 Å². The van der Waals surface area contributed by atoms with Gasteiger partial charge in [-0.1, -0.05) is 36.4 Å². The van der Waals surface area contributed by atoms with Crippen LogP contribution in [0.25, 0.3) is 0 Å².